The Morgan fingerprint density at radius 3 is 3.17 bits per heavy atom. The summed E-state index contributed by atoms with van der Waals surface area (Å²) in [7, 11) is 0. The van der Waals surface area contributed by atoms with Crippen LogP contribution in [0.25, 0.3) is 0 Å². The number of fused-ring (bicyclic) bond motifs is 1. The molecule has 0 aromatic heterocycles. The Kier molecular flexibility index (Phi) is 1.93. The molecular formula is C9H9ClFN. The zero-order valence-corrected chi connectivity index (χ0v) is 7.24. The summed E-state index contributed by atoms with van der Waals surface area (Å²) in [5.41, 5.74) is 1.98. The van der Waals surface area contributed by atoms with Crippen molar-refractivity contribution in [2.45, 2.75) is 12.6 Å². The molecule has 0 aliphatic carbocycles. The first-order valence-corrected chi connectivity index (χ1v) is 4.30. The van der Waals surface area contributed by atoms with E-state index in [4.69, 9.17) is 11.6 Å². The average molecular weight is 186 g/mol. The highest BCUT2D eigenvalue weighted by Crippen LogP contribution is 2.25. The van der Waals surface area contributed by atoms with Crippen molar-refractivity contribution in [3.63, 3.8) is 0 Å². The van der Waals surface area contributed by atoms with E-state index in [-0.39, 0.29) is 0 Å². The van der Waals surface area contributed by atoms with Crippen molar-refractivity contribution < 1.29 is 4.39 Å². The third kappa shape index (κ3) is 1.39. The first kappa shape index (κ1) is 7.87. The summed E-state index contributed by atoms with van der Waals surface area (Å²) in [6.45, 7) is 0.411. The lowest BCUT2D eigenvalue weighted by atomic mass is 10.0. The van der Waals surface area contributed by atoms with Crippen LogP contribution in [0.3, 0.4) is 0 Å². The van der Waals surface area contributed by atoms with Crippen LogP contribution in [0, 0.1) is 0 Å². The van der Waals surface area contributed by atoms with Gasteiger partial charge >= 0.3 is 0 Å². The highest BCUT2D eigenvalue weighted by molar-refractivity contribution is 6.30. The lowest BCUT2D eigenvalue weighted by Gasteiger charge is -2.20. The lowest BCUT2D eigenvalue weighted by molar-refractivity contribution is 0.342. The number of rotatable bonds is 0. The molecule has 0 saturated carbocycles. The van der Waals surface area contributed by atoms with Gasteiger partial charge in [-0.2, -0.15) is 0 Å². The van der Waals surface area contributed by atoms with Crippen LogP contribution in [0.5, 0.6) is 0 Å². The van der Waals surface area contributed by atoms with E-state index in [1.54, 1.807) is 0 Å². The second-order valence-corrected chi connectivity index (χ2v) is 3.42. The Hall–Kier alpha value is -0.760. The van der Waals surface area contributed by atoms with Gasteiger partial charge in [0.15, 0.2) is 0 Å². The second kappa shape index (κ2) is 2.94. The van der Waals surface area contributed by atoms with Gasteiger partial charge in [0.2, 0.25) is 0 Å². The fraction of sp³-hybridized carbons (Fsp3) is 0.333. The van der Waals surface area contributed by atoms with Crippen LogP contribution in [-0.4, -0.2) is 12.7 Å². The molecule has 1 nitrogen and oxygen atoms in total. The van der Waals surface area contributed by atoms with Gasteiger partial charge in [0.1, 0.15) is 6.17 Å². The molecule has 0 radical (unpaired) electrons. The molecule has 0 fully saturated rings. The molecular weight excluding hydrogens is 177 g/mol. The molecule has 1 aromatic rings. The molecule has 1 atom stereocenters. The summed E-state index contributed by atoms with van der Waals surface area (Å²) in [6.07, 6.45) is -0.306. The molecule has 2 rings (SSSR count). The molecule has 1 unspecified atom stereocenters. The van der Waals surface area contributed by atoms with E-state index in [1.165, 1.54) is 0 Å². The summed E-state index contributed by atoms with van der Waals surface area (Å²) in [5, 5.41) is 3.68. The largest absolute Gasteiger partial charge is 0.382 e. The standard InChI is InChI=1S/C9H9ClFN/c10-7-1-2-9-6(3-7)4-8(11)5-12-9/h1-3,8,12H,4-5H2. The number of alkyl halides is 1. The van der Waals surface area contributed by atoms with Crippen molar-refractivity contribution in [3.8, 4) is 0 Å². The molecule has 3 heteroatoms. The van der Waals surface area contributed by atoms with Gasteiger partial charge in [-0.15, -0.1) is 0 Å². The SMILES string of the molecule is FC1CNc2ccc(Cl)cc2C1. The van der Waals surface area contributed by atoms with Gasteiger partial charge in [-0.3, -0.25) is 0 Å². The van der Waals surface area contributed by atoms with E-state index < -0.39 is 6.17 Å². The fourth-order valence-electron chi connectivity index (χ4n) is 1.44. The molecule has 64 valence electrons. The Morgan fingerprint density at radius 1 is 1.50 bits per heavy atom. The van der Waals surface area contributed by atoms with Crippen molar-refractivity contribution in [2.24, 2.45) is 0 Å². The molecule has 1 N–H and O–H groups in total. The molecule has 12 heavy (non-hydrogen) atoms. The van der Waals surface area contributed by atoms with E-state index in [9.17, 15) is 4.39 Å². The lowest BCUT2D eigenvalue weighted by Crippen LogP contribution is -2.23. The van der Waals surface area contributed by atoms with Crippen molar-refractivity contribution in [2.75, 3.05) is 11.9 Å². The Morgan fingerprint density at radius 2 is 2.33 bits per heavy atom. The zero-order chi connectivity index (χ0) is 8.55. The maximum Gasteiger partial charge on any atom is 0.121 e. The average Bonchev–Trinajstić information content (AvgIpc) is 2.03. The molecule has 1 aliphatic heterocycles. The van der Waals surface area contributed by atoms with Gasteiger partial charge in [0.25, 0.3) is 0 Å². The van der Waals surface area contributed by atoms with Crippen LogP contribution in [0.1, 0.15) is 5.56 Å². The number of hydrogen-bond donors (Lipinski definition) is 1. The zero-order valence-electron chi connectivity index (χ0n) is 6.48. The van der Waals surface area contributed by atoms with Gasteiger partial charge in [-0.25, -0.2) is 4.39 Å². The minimum Gasteiger partial charge on any atom is -0.382 e. The van der Waals surface area contributed by atoms with E-state index in [2.05, 4.69) is 5.32 Å². The van der Waals surface area contributed by atoms with Crippen molar-refractivity contribution in [3.05, 3.63) is 28.8 Å². The minimum atomic E-state index is -0.782. The van der Waals surface area contributed by atoms with Crippen LogP contribution in [-0.2, 0) is 6.42 Å². The number of nitrogens with one attached hydrogen (secondary N) is 1. The fourth-order valence-corrected chi connectivity index (χ4v) is 1.63. The van der Waals surface area contributed by atoms with Gasteiger partial charge in [0, 0.05) is 23.7 Å². The normalized spacial score (nSPS) is 21.3. The first-order valence-electron chi connectivity index (χ1n) is 3.92. The molecule has 0 saturated heterocycles. The quantitative estimate of drug-likeness (QED) is 0.655. The Labute approximate surface area is 75.5 Å². The molecule has 1 aliphatic rings. The van der Waals surface area contributed by atoms with Gasteiger partial charge in [-0.05, 0) is 23.8 Å². The van der Waals surface area contributed by atoms with Crippen molar-refractivity contribution in [1.29, 1.82) is 0 Å². The topological polar surface area (TPSA) is 12.0 Å². The van der Waals surface area contributed by atoms with Crippen LogP contribution in [0.2, 0.25) is 5.02 Å². The Balaban J connectivity index is 2.37. The van der Waals surface area contributed by atoms with Gasteiger partial charge in [0.05, 0.1) is 0 Å². The van der Waals surface area contributed by atoms with Crippen LogP contribution >= 0.6 is 11.6 Å². The second-order valence-electron chi connectivity index (χ2n) is 2.98. The third-order valence-corrected chi connectivity index (χ3v) is 2.26. The van der Waals surface area contributed by atoms with Gasteiger partial charge < -0.3 is 5.32 Å². The molecule has 0 spiro atoms. The maximum absolute atomic E-state index is 12.9. The van der Waals surface area contributed by atoms with Crippen LogP contribution < -0.4 is 5.32 Å². The third-order valence-electron chi connectivity index (χ3n) is 2.02. The van der Waals surface area contributed by atoms with Gasteiger partial charge in [-0.1, -0.05) is 11.6 Å². The number of halogens is 2. The molecule has 0 bridgehead atoms. The molecule has 0 amide bonds. The summed E-state index contributed by atoms with van der Waals surface area (Å²) >= 11 is 5.77. The van der Waals surface area contributed by atoms with E-state index in [0.717, 1.165) is 11.3 Å². The minimum absolute atomic E-state index is 0.411. The summed E-state index contributed by atoms with van der Waals surface area (Å²) < 4.78 is 12.9. The van der Waals surface area contributed by atoms with Crippen molar-refractivity contribution >= 4 is 17.3 Å². The summed E-state index contributed by atoms with van der Waals surface area (Å²) in [6, 6.07) is 5.52. The molecule has 1 heterocycles. The summed E-state index contributed by atoms with van der Waals surface area (Å²) in [4.78, 5) is 0. The first-order chi connectivity index (χ1) is 5.75. The highest BCUT2D eigenvalue weighted by atomic mass is 35.5. The number of benzene rings is 1. The monoisotopic (exact) mass is 185 g/mol. The van der Waals surface area contributed by atoms with E-state index >= 15 is 0 Å². The maximum atomic E-state index is 12.9. The van der Waals surface area contributed by atoms with E-state index in [1.807, 2.05) is 18.2 Å². The predicted octanol–water partition coefficient (Wildman–Crippen LogP) is 2.65. The molecule has 1 aromatic carbocycles. The highest BCUT2D eigenvalue weighted by Gasteiger charge is 2.16. The van der Waals surface area contributed by atoms with Crippen molar-refractivity contribution in [1.82, 2.24) is 0 Å². The predicted molar refractivity (Wildman–Crippen MR) is 48.5 cm³/mol. The Bertz CT molecular complexity index is 301. The van der Waals surface area contributed by atoms with Crippen LogP contribution in [0.15, 0.2) is 18.2 Å². The summed E-state index contributed by atoms with van der Waals surface area (Å²) in [5.74, 6) is 0. The number of anilines is 1. The van der Waals surface area contributed by atoms with E-state index in [0.29, 0.717) is 18.0 Å². The smallest absolute Gasteiger partial charge is 0.121 e. The number of hydrogen-bond acceptors (Lipinski definition) is 1. The van der Waals surface area contributed by atoms with Crippen LogP contribution in [0.4, 0.5) is 10.1 Å².